The number of fused-ring (bicyclic) bond motifs is 6. The Morgan fingerprint density at radius 3 is 1.92 bits per heavy atom. The standard InChI is InChI=1S/C71H80N10O12/c1-44(2)66(77-64(83)19-7-6-12-27-79-46(4)20-25-65(79)84)60(82)35-50(18-13-26-73-70(72)88)67(85)76-53-23-21-47(22-24-53)43-93-71(89)78(28-30-91-61-37-58-56(32-45(61)3)68(86)80-41-51-16-10-8-14-48(51)33-54(80)39-74-58)29-31-92-63-38-59-57(36-62(63)90-5)69(87)81-42-52-17-11-9-15-49(52)34-55(81)40-75-59/h8-11,14-17,20-25,32,36-40,44,50,54-55,66H,4,6-7,12-13,18-19,26-31,33-35,41-43H2,1-3,5H3,(H,76,85)(H,77,83)(H3,72,73,88)/t50-,54+,55+,66+/m1/s1. The van der Waals surface area contributed by atoms with E-state index in [4.69, 9.17) is 34.7 Å². The van der Waals surface area contributed by atoms with Crippen LogP contribution in [0.5, 0.6) is 17.2 Å². The van der Waals surface area contributed by atoms with Crippen molar-refractivity contribution in [2.24, 2.45) is 27.6 Å². The molecule has 0 spiro atoms. The summed E-state index contributed by atoms with van der Waals surface area (Å²) in [6.45, 7) is 10.9. The third-order valence-corrected chi connectivity index (χ3v) is 17.5. The Kier molecular flexibility index (Phi) is 21.5. The molecule has 486 valence electrons. The number of carbonyl (C=O) groups excluding carboxylic acids is 8. The molecule has 5 aromatic rings. The van der Waals surface area contributed by atoms with Gasteiger partial charge in [-0.1, -0.05) is 87.5 Å². The maximum Gasteiger partial charge on any atom is 0.410 e. The van der Waals surface area contributed by atoms with E-state index in [0.29, 0.717) is 120 Å². The molecule has 10 rings (SSSR count). The fourth-order valence-electron chi connectivity index (χ4n) is 12.2. The zero-order valence-electron chi connectivity index (χ0n) is 53.0. The van der Waals surface area contributed by atoms with Gasteiger partial charge < -0.3 is 60.2 Å². The number of nitrogens with two attached hydrogens (primary N) is 1. The van der Waals surface area contributed by atoms with Crippen LogP contribution in [0.15, 0.2) is 131 Å². The highest BCUT2D eigenvalue weighted by atomic mass is 16.6. The van der Waals surface area contributed by atoms with E-state index in [1.807, 2.05) is 73.2 Å². The van der Waals surface area contributed by atoms with E-state index in [1.165, 1.54) is 29.2 Å². The lowest BCUT2D eigenvalue weighted by Crippen LogP contribution is -2.45. The number of urea groups is 1. The largest absolute Gasteiger partial charge is 0.493 e. The van der Waals surface area contributed by atoms with Gasteiger partial charge in [-0.2, -0.15) is 0 Å². The molecule has 4 atom stereocenters. The van der Waals surface area contributed by atoms with Gasteiger partial charge in [0.2, 0.25) is 11.8 Å². The predicted molar refractivity (Wildman–Crippen MR) is 351 cm³/mol. The zero-order valence-corrected chi connectivity index (χ0v) is 53.0. The van der Waals surface area contributed by atoms with Crippen molar-refractivity contribution in [3.8, 4) is 17.2 Å². The fourth-order valence-corrected chi connectivity index (χ4v) is 12.2. The summed E-state index contributed by atoms with van der Waals surface area (Å²) >= 11 is 0. The Hall–Kier alpha value is -10.1. The van der Waals surface area contributed by atoms with Gasteiger partial charge in [-0.3, -0.25) is 38.8 Å². The van der Waals surface area contributed by atoms with Gasteiger partial charge in [0, 0.05) is 87.0 Å². The van der Waals surface area contributed by atoms with E-state index in [0.717, 1.165) is 11.1 Å². The number of methoxy groups -OCH3 is 1. The Labute approximate surface area is 541 Å². The van der Waals surface area contributed by atoms with Crippen LogP contribution < -0.4 is 35.9 Å². The first kappa shape index (κ1) is 65.8. The molecule has 0 bridgehead atoms. The van der Waals surface area contributed by atoms with E-state index in [2.05, 4.69) is 34.7 Å². The van der Waals surface area contributed by atoms with Crippen LogP contribution in [0.25, 0.3) is 0 Å². The lowest BCUT2D eigenvalue weighted by Gasteiger charge is -2.34. The van der Waals surface area contributed by atoms with Crippen molar-refractivity contribution in [2.45, 2.75) is 116 Å². The lowest BCUT2D eigenvalue weighted by atomic mass is 9.89. The summed E-state index contributed by atoms with van der Waals surface area (Å²) in [4.78, 5) is 123. The number of nitrogens with zero attached hydrogens (tertiary/aromatic N) is 6. The van der Waals surface area contributed by atoms with Crippen LogP contribution in [0.3, 0.4) is 0 Å². The number of amides is 8. The van der Waals surface area contributed by atoms with Crippen molar-refractivity contribution < 1.29 is 57.3 Å². The highest BCUT2D eigenvalue weighted by Crippen LogP contribution is 2.39. The molecule has 0 saturated heterocycles. The average molecular weight is 1270 g/mol. The van der Waals surface area contributed by atoms with Crippen LogP contribution in [-0.2, 0) is 56.5 Å². The Morgan fingerprint density at radius 2 is 1.33 bits per heavy atom. The highest BCUT2D eigenvalue weighted by molar-refractivity contribution is 6.05. The number of hydrogen-bond acceptors (Lipinski definition) is 14. The van der Waals surface area contributed by atoms with Crippen molar-refractivity contribution in [2.75, 3.05) is 51.8 Å². The lowest BCUT2D eigenvalue weighted by molar-refractivity contribution is -0.131. The van der Waals surface area contributed by atoms with Crippen molar-refractivity contribution in [3.05, 3.63) is 166 Å². The molecule has 93 heavy (non-hydrogen) atoms. The molecule has 0 aliphatic carbocycles. The average Bonchev–Trinajstić information content (AvgIpc) is 1.72. The van der Waals surface area contributed by atoms with E-state index >= 15 is 0 Å². The first-order valence-electron chi connectivity index (χ1n) is 31.7. The molecule has 0 unspecified atom stereocenters. The van der Waals surface area contributed by atoms with Crippen LogP contribution in [-0.4, -0.2) is 144 Å². The van der Waals surface area contributed by atoms with Gasteiger partial charge in [-0.15, -0.1) is 0 Å². The molecule has 22 nitrogen and oxygen atoms in total. The summed E-state index contributed by atoms with van der Waals surface area (Å²) in [6, 6.07) is 27.7. The van der Waals surface area contributed by atoms with Crippen LogP contribution in [0.1, 0.15) is 113 Å². The smallest absolute Gasteiger partial charge is 0.410 e. The minimum absolute atomic E-state index is 0.0209. The number of primary amides is 1. The number of Topliss-reactive ketones (excluding diaryl/α,β-unsaturated/α-hetero) is 1. The molecule has 5 aromatic carbocycles. The summed E-state index contributed by atoms with van der Waals surface area (Å²) in [6.07, 6.45) is 9.87. The molecule has 5 aliphatic rings. The van der Waals surface area contributed by atoms with E-state index in [-0.39, 0.29) is 106 Å². The number of carbonyl (C=O) groups is 8. The monoisotopic (exact) mass is 1260 g/mol. The molecule has 5 heterocycles. The number of aliphatic imine (C=N–C) groups is 2. The van der Waals surface area contributed by atoms with Crippen molar-refractivity contribution >= 4 is 76.9 Å². The second kappa shape index (κ2) is 30.3. The van der Waals surface area contributed by atoms with Gasteiger partial charge in [0.05, 0.1) is 60.8 Å². The van der Waals surface area contributed by atoms with Gasteiger partial charge in [-0.05, 0) is 115 Å². The summed E-state index contributed by atoms with van der Waals surface area (Å²) in [5.74, 6) is -1.44. The first-order valence-corrected chi connectivity index (χ1v) is 31.7. The number of ketones is 1. The fraction of sp³-hybridized carbons (Fsp3) is 0.380. The van der Waals surface area contributed by atoms with Gasteiger partial charge in [0.15, 0.2) is 17.3 Å². The van der Waals surface area contributed by atoms with Crippen molar-refractivity contribution in [1.29, 1.82) is 0 Å². The number of benzene rings is 5. The molecule has 0 radical (unpaired) electrons. The van der Waals surface area contributed by atoms with Gasteiger partial charge >= 0.3 is 12.1 Å². The molecule has 5 aliphatic heterocycles. The molecule has 0 fully saturated rings. The SMILES string of the molecule is C=C1C=CC(=O)N1CCCCCC(=O)N[C@H](C(=O)C[C@@H](CCCNC(N)=O)C(=O)Nc1ccc(COC(=O)N(CCOc2cc3c(cc2C)C(=O)N2Cc4ccccc4C[C@H]2C=N3)CCOc2cc3c(cc2OC)C(=O)N2Cc4ccccc4C[C@H]2C=N3)cc1)C(C)C. The van der Waals surface area contributed by atoms with Crippen LogP contribution in [0.4, 0.5) is 26.7 Å². The zero-order chi connectivity index (χ0) is 65.7. The summed E-state index contributed by atoms with van der Waals surface area (Å²) in [5, 5.41) is 8.32. The minimum atomic E-state index is -0.852. The number of unbranched alkanes of at least 4 members (excludes halogenated alkanes) is 2. The van der Waals surface area contributed by atoms with E-state index in [9.17, 15) is 38.4 Å². The van der Waals surface area contributed by atoms with Crippen LogP contribution >= 0.6 is 0 Å². The summed E-state index contributed by atoms with van der Waals surface area (Å²) < 4.78 is 24.4. The Morgan fingerprint density at radius 1 is 0.731 bits per heavy atom. The quantitative estimate of drug-likeness (QED) is 0.0341. The Balaban J connectivity index is 0.781. The van der Waals surface area contributed by atoms with Crippen LogP contribution in [0.2, 0.25) is 0 Å². The predicted octanol–water partition coefficient (Wildman–Crippen LogP) is 9.24. The third kappa shape index (κ3) is 16.3. The second-order valence-corrected chi connectivity index (χ2v) is 24.3. The Bertz CT molecular complexity index is 3750. The van der Waals surface area contributed by atoms with Crippen LogP contribution in [0, 0.1) is 18.8 Å². The topological polar surface area (TPSA) is 273 Å². The molecular formula is C71H80N10O12. The number of ether oxygens (including phenoxy) is 4. The summed E-state index contributed by atoms with van der Waals surface area (Å²) in [5.41, 5.74) is 14.0. The number of allylic oxidation sites excluding steroid dienone is 1. The van der Waals surface area contributed by atoms with Crippen molar-refractivity contribution in [3.63, 3.8) is 0 Å². The minimum Gasteiger partial charge on any atom is -0.493 e. The van der Waals surface area contributed by atoms with Gasteiger partial charge in [0.1, 0.15) is 25.6 Å². The van der Waals surface area contributed by atoms with Crippen molar-refractivity contribution in [1.82, 2.24) is 30.2 Å². The third-order valence-electron chi connectivity index (χ3n) is 17.5. The number of aryl methyl sites for hydroxylation is 1. The molecule has 8 amide bonds. The first-order chi connectivity index (χ1) is 44.9. The highest BCUT2D eigenvalue weighted by Gasteiger charge is 2.36. The second-order valence-electron chi connectivity index (χ2n) is 24.3. The molecule has 0 saturated carbocycles. The number of hydrogen-bond donors (Lipinski definition) is 4. The number of anilines is 1. The maximum absolute atomic E-state index is 14.2. The molecular weight excluding hydrogens is 1180 g/mol. The molecule has 0 aromatic heterocycles. The summed E-state index contributed by atoms with van der Waals surface area (Å²) in [7, 11) is 1.49. The molecule has 5 N–H and O–H groups in total. The maximum atomic E-state index is 14.2. The number of nitrogens with one attached hydrogen (secondary N) is 3. The van der Waals surface area contributed by atoms with E-state index in [1.54, 1.807) is 65.7 Å². The number of rotatable bonds is 28. The van der Waals surface area contributed by atoms with Gasteiger partial charge in [0.25, 0.3) is 17.7 Å². The normalized spacial score (nSPS) is 16.5. The molecule has 22 heteroatoms. The van der Waals surface area contributed by atoms with Gasteiger partial charge in [-0.25, -0.2) is 9.59 Å². The van der Waals surface area contributed by atoms with E-state index < -0.39 is 30.0 Å².